The first-order chi connectivity index (χ1) is 7.11. The smallest absolute Gasteiger partial charge is 0.396 e. The summed E-state index contributed by atoms with van der Waals surface area (Å²) in [7, 11) is -10.2. The summed E-state index contributed by atoms with van der Waals surface area (Å²) in [6.45, 7) is 0.0757. The van der Waals surface area contributed by atoms with E-state index in [2.05, 4.69) is 7.81 Å². The highest BCUT2D eigenvalue weighted by atomic mass is 32.3. The van der Waals surface area contributed by atoms with E-state index in [1.807, 2.05) is 0 Å². The molecule has 16 heavy (non-hydrogen) atoms. The van der Waals surface area contributed by atoms with Gasteiger partial charge >= 0.3 is 20.8 Å². The molecule has 0 aromatic rings. The summed E-state index contributed by atoms with van der Waals surface area (Å²) >= 11 is 0. The highest BCUT2D eigenvalue weighted by Crippen LogP contribution is 2.12. The van der Waals surface area contributed by atoms with Crippen LogP contribution in [0.15, 0.2) is 0 Å². The molecule has 2 unspecified atom stereocenters. The van der Waals surface area contributed by atoms with Gasteiger partial charge in [0.25, 0.3) is 0 Å². The third-order valence-electron chi connectivity index (χ3n) is 1.51. The lowest BCUT2D eigenvalue weighted by atomic mass is 10.1. The monoisotopic (exact) mass is 280 g/mol. The molecular formula is C5H12O9S2. The average Bonchev–Trinajstić information content (AvgIpc) is 2.09. The molecule has 0 heterocycles. The molecule has 3 N–H and O–H groups in total. The van der Waals surface area contributed by atoms with Crippen molar-refractivity contribution in [3.63, 3.8) is 0 Å². The highest BCUT2D eigenvalue weighted by molar-refractivity contribution is 7.94. The predicted molar refractivity (Wildman–Crippen MR) is 49.8 cm³/mol. The lowest BCUT2D eigenvalue weighted by Gasteiger charge is -2.18. The molecule has 0 fully saturated rings. The van der Waals surface area contributed by atoms with Crippen molar-refractivity contribution in [2.75, 3.05) is 13.2 Å². The summed E-state index contributed by atoms with van der Waals surface area (Å²) in [4.78, 5) is 0. The Hall–Kier alpha value is -0.300. The third kappa shape index (κ3) is 6.32. The van der Waals surface area contributed by atoms with Crippen molar-refractivity contribution < 1.29 is 39.4 Å². The first-order valence-corrected chi connectivity index (χ1v) is 6.64. The zero-order valence-corrected chi connectivity index (χ0v) is 9.81. The molecule has 0 radical (unpaired) electrons. The third-order valence-corrected chi connectivity index (χ3v) is 3.35. The Kier molecular flexibility index (Phi) is 5.75. The Morgan fingerprint density at radius 2 is 1.62 bits per heavy atom. The van der Waals surface area contributed by atoms with Gasteiger partial charge in [0.2, 0.25) is 0 Å². The molecule has 98 valence electrons. The molecule has 0 aromatic carbocycles. The Morgan fingerprint density at radius 3 is 1.94 bits per heavy atom. The van der Waals surface area contributed by atoms with Gasteiger partial charge in [0, 0.05) is 12.5 Å². The average molecular weight is 280 g/mol. The van der Waals surface area contributed by atoms with E-state index in [9.17, 15) is 16.8 Å². The van der Waals surface area contributed by atoms with Crippen LogP contribution in [0.3, 0.4) is 0 Å². The summed E-state index contributed by atoms with van der Waals surface area (Å²) < 4.78 is 57.4. The van der Waals surface area contributed by atoms with Crippen molar-refractivity contribution >= 4 is 20.8 Å². The first-order valence-electron chi connectivity index (χ1n) is 3.94. The molecule has 2 atom stereocenters. The Balaban J connectivity index is 4.69. The summed E-state index contributed by atoms with van der Waals surface area (Å²) in [5.74, 6) is -0.773. The van der Waals surface area contributed by atoms with Crippen LogP contribution in [0.25, 0.3) is 0 Å². The van der Waals surface area contributed by atoms with Gasteiger partial charge in [0.05, 0.1) is 6.61 Å². The molecule has 0 spiro atoms. The van der Waals surface area contributed by atoms with Crippen LogP contribution in [0.4, 0.5) is 0 Å². The topological polar surface area (TPSA) is 147 Å². The van der Waals surface area contributed by atoms with E-state index in [-0.39, 0.29) is 0 Å². The quantitative estimate of drug-likeness (QED) is 0.453. The zero-order chi connectivity index (χ0) is 13.0. The van der Waals surface area contributed by atoms with E-state index in [1.165, 1.54) is 6.92 Å². The largest absolute Gasteiger partial charge is 0.416 e. The van der Waals surface area contributed by atoms with Crippen LogP contribution >= 0.6 is 0 Å². The lowest BCUT2D eigenvalue weighted by Crippen LogP contribution is -2.32. The predicted octanol–water partition coefficient (Wildman–Crippen LogP) is -1.94. The molecule has 0 rings (SSSR count). The van der Waals surface area contributed by atoms with Crippen LogP contribution in [0.2, 0.25) is 0 Å². The second kappa shape index (κ2) is 5.86. The molecule has 11 heteroatoms. The van der Waals surface area contributed by atoms with Crippen LogP contribution in [-0.2, 0) is 28.6 Å². The van der Waals surface area contributed by atoms with Crippen molar-refractivity contribution in [1.29, 1.82) is 0 Å². The molecule has 0 bridgehead atoms. The molecule has 0 aliphatic carbocycles. The fourth-order valence-electron chi connectivity index (χ4n) is 0.696. The summed E-state index contributed by atoms with van der Waals surface area (Å²) in [5.41, 5.74) is 0. The molecule has 0 amide bonds. The van der Waals surface area contributed by atoms with Crippen molar-refractivity contribution in [3.8, 4) is 0 Å². The van der Waals surface area contributed by atoms with Gasteiger partial charge in [0.1, 0.15) is 6.10 Å². The van der Waals surface area contributed by atoms with Crippen molar-refractivity contribution in [2.45, 2.75) is 13.0 Å². The Morgan fingerprint density at radius 1 is 1.12 bits per heavy atom. The number of aliphatic hydroxyl groups excluding tert-OH is 2. The normalized spacial score (nSPS) is 17.0. The Bertz CT molecular complexity index is 396. The lowest BCUT2D eigenvalue weighted by molar-refractivity contribution is 0.0453. The Labute approximate surface area is 92.9 Å². The molecule has 0 aliphatic rings. The van der Waals surface area contributed by atoms with Crippen LogP contribution in [0.5, 0.6) is 0 Å². The fourth-order valence-corrected chi connectivity index (χ4v) is 2.22. The number of hydrogen-bond acceptors (Lipinski definition) is 8. The van der Waals surface area contributed by atoms with Crippen LogP contribution < -0.4 is 0 Å². The first kappa shape index (κ1) is 15.7. The summed E-state index contributed by atoms with van der Waals surface area (Å²) in [6, 6.07) is 0. The van der Waals surface area contributed by atoms with Gasteiger partial charge in [-0.3, -0.25) is 4.55 Å². The van der Waals surface area contributed by atoms with Gasteiger partial charge in [-0.2, -0.15) is 16.8 Å². The van der Waals surface area contributed by atoms with Crippen LogP contribution in [0.1, 0.15) is 6.92 Å². The van der Waals surface area contributed by atoms with Crippen molar-refractivity contribution in [3.05, 3.63) is 0 Å². The van der Waals surface area contributed by atoms with E-state index < -0.39 is 46.0 Å². The second-order valence-corrected chi connectivity index (χ2v) is 5.29. The van der Waals surface area contributed by atoms with Gasteiger partial charge in [0.15, 0.2) is 0 Å². The van der Waals surface area contributed by atoms with Crippen LogP contribution in [0, 0.1) is 5.92 Å². The summed E-state index contributed by atoms with van der Waals surface area (Å²) in [5, 5.41) is 17.4. The van der Waals surface area contributed by atoms with Gasteiger partial charge in [-0.25, -0.2) is 4.18 Å². The molecule has 9 nitrogen and oxygen atoms in total. The van der Waals surface area contributed by atoms with E-state index >= 15 is 0 Å². The minimum absolute atomic E-state index is 0.493. The SMILES string of the molecule is CC(CO)C(CO)OS(=O)(=O)OS(=O)(=O)O. The fraction of sp³-hybridized carbons (Fsp3) is 1.00. The minimum Gasteiger partial charge on any atom is -0.396 e. The van der Waals surface area contributed by atoms with Crippen molar-refractivity contribution in [1.82, 2.24) is 0 Å². The van der Waals surface area contributed by atoms with Gasteiger partial charge in [-0.15, -0.1) is 3.63 Å². The maximum atomic E-state index is 10.9. The molecule has 0 aliphatic heterocycles. The molecular weight excluding hydrogens is 268 g/mol. The molecule has 0 saturated heterocycles. The van der Waals surface area contributed by atoms with E-state index in [1.54, 1.807) is 0 Å². The maximum absolute atomic E-state index is 10.9. The van der Waals surface area contributed by atoms with Gasteiger partial charge < -0.3 is 10.2 Å². The zero-order valence-electron chi connectivity index (χ0n) is 8.18. The number of rotatable bonds is 7. The maximum Gasteiger partial charge on any atom is 0.416 e. The standard InChI is InChI=1S/C5H12O9S2/c1-4(2-6)5(3-7)13-16(11,12)14-15(8,9)10/h4-7H,2-3H2,1H3,(H,8,9,10). The molecule has 0 saturated carbocycles. The van der Waals surface area contributed by atoms with E-state index in [0.717, 1.165) is 0 Å². The second-order valence-electron chi connectivity index (χ2n) is 2.88. The van der Waals surface area contributed by atoms with Crippen molar-refractivity contribution in [2.24, 2.45) is 5.92 Å². The highest BCUT2D eigenvalue weighted by Gasteiger charge is 2.28. The summed E-state index contributed by atoms with van der Waals surface area (Å²) in [6.07, 6.45) is -1.38. The van der Waals surface area contributed by atoms with Crippen LogP contribution in [-0.4, -0.2) is 50.9 Å². The number of hydrogen-bond donors (Lipinski definition) is 3. The van der Waals surface area contributed by atoms with Gasteiger partial charge in [-0.1, -0.05) is 6.92 Å². The number of aliphatic hydroxyl groups is 2. The van der Waals surface area contributed by atoms with E-state index in [0.29, 0.717) is 0 Å². The molecule has 0 aromatic heterocycles. The van der Waals surface area contributed by atoms with E-state index in [4.69, 9.17) is 14.8 Å². The minimum atomic E-state index is -5.23. The van der Waals surface area contributed by atoms with Gasteiger partial charge in [-0.05, 0) is 0 Å².